The van der Waals surface area contributed by atoms with Crippen molar-refractivity contribution in [2.45, 2.75) is 19.6 Å². The minimum Gasteiger partial charge on any atom is -0.449 e. The van der Waals surface area contributed by atoms with Gasteiger partial charge in [-0.05, 0) is 24.6 Å². The fourth-order valence-electron chi connectivity index (χ4n) is 2.70. The minimum atomic E-state index is -1.02. The van der Waals surface area contributed by atoms with Gasteiger partial charge in [0.05, 0.1) is 10.5 Å². The molecule has 0 heterocycles. The predicted molar refractivity (Wildman–Crippen MR) is 105 cm³/mol. The molecule has 1 amide bonds. The van der Waals surface area contributed by atoms with Crippen molar-refractivity contribution < 1.29 is 19.2 Å². The number of benzene rings is 2. The van der Waals surface area contributed by atoms with Crippen LogP contribution in [-0.4, -0.2) is 48.9 Å². The number of ether oxygens (including phenoxy) is 1. The lowest BCUT2D eigenvalue weighted by molar-refractivity contribution is -0.384. The average molecular weight is 385 g/mol. The lowest BCUT2D eigenvalue weighted by atomic mass is 10.1. The molecular weight excluding hydrogens is 362 g/mol. The summed E-state index contributed by atoms with van der Waals surface area (Å²) in [6.45, 7) is 1.86. The quantitative estimate of drug-likeness (QED) is 0.413. The van der Waals surface area contributed by atoms with Gasteiger partial charge >= 0.3 is 5.97 Å². The third-order valence-corrected chi connectivity index (χ3v) is 4.16. The summed E-state index contributed by atoms with van der Waals surface area (Å²) in [6.07, 6.45) is -1.02. The van der Waals surface area contributed by atoms with E-state index in [1.54, 1.807) is 26.0 Å². The van der Waals surface area contributed by atoms with E-state index in [9.17, 15) is 19.7 Å². The predicted octanol–water partition coefficient (Wildman–Crippen LogP) is 2.86. The number of hydrogen-bond donors (Lipinski definition) is 0. The molecule has 0 aromatic heterocycles. The molecule has 0 saturated carbocycles. The fourth-order valence-corrected chi connectivity index (χ4v) is 2.70. The van der Waals surface area contributed by atoms with E-state index in [4.69, 9.17) is 4.74 Å². The van der Waals surface area contributed by atoms with Gasteiger partial charge in [-0.15, -0.1) is 0 Å². The number of rotatable bonds is 7. The van der Waals surface area contributed by atoms with E-state index in [0.29, 0.717) is 12.2 Å². The highest BCUT2D eigenvalue weighted by Gasteiger charge is 2.24. The number of esters is 1. The highest BCUT2D eigenvalue weighted by Crippen LogP contribution is 2.28. The van der Waals surface area contributed by atoms with Crippen LogP contribution in [0.1, 0.15) is 22.8 Å². The summed E-state index contributed by atoms with van der Waals surface area (Å²) in [7, 11) is 4.96. The van der Waals surface area contributed by atoms with Gasteiger partial charge in [-0.2, -0.15) is 0 Å². The largest absolute Gasteiger partial charge is 0.449 e. The number of nitrogens with zero attached hydrogens (tertiary/aromatic N) is 3. The smallest absolute Gasteiger partial charge is 0.339 e. The molecule has 0 saturated heterocycles. The van der Waals surface area contributed by atoms with E-state index in [0.717, 1.165) is 11.6 Å². The Balaban J connectivity index is 2.08. The SMILES string of the molecule is C[C@H](OC(=O)c1ccc(N(C)C)c([N+](=O)[O-])c1)C(=O)N(C)Cc1ccccc1. The first-order valence-electron chi connectivity index (χ1n) is 8.66. The van der Waals surface area contributed by atoms with E-state index in [1.165, 1.54) is 24.0 Å². The van der Waals surface area contributed by atoms with Gasteiger partial charge < -0.3 is 14.5 Å². The van der Waals surface area contributed by atoms with Gasteiger partial charge in [-0.25, -0.2) is 4.79 Å². The lowest BCUT2D eigenvalue weighted by Crippen LogP contribution is -2.37. The maximum absolute atomic E-state index is 12.5. The summed E-state index contributed by atoms with van der Waals surface area (Å²) in [5.41, 5.74) is 1.13. The van der Waals surface area contributed by atoms with E-state index in [-0.39, 0.29) is 17.2 Å². The highest BCUT2D eigenvalue weighted by atomic mass is 16.6. The van der Waals surface area contributed by atoms with Crippen LogP contribution in [0.15, 0.2) is 48.5 Å². The first-order chi connectivity index (χ1) is 13.2. The second-order valence-corrected chi connectivity index (χ2v) is 6.58. The summed E-state index contributed by atoms with van der Waals surface area (Å²) in [4.78, 5) is 38.6. The summed E-state index contributed by atoms with van der Waals surface area (Å²) in [6, 6.07) is 13.5. The molecule has 0 aliphatic heterocycles. The molecule has 0 fully saturated rings. The van der Waals surface area contributed by atoms with Gasteiger partial charge in [-0.1, -0.05) is 30.3 Å². The summed E-state index contributed by atoms with van der Waals surface area (Å²) < 4.78 is 5.23. The number of anilines is 1. The molecule has 0 aliphatic carbocycles. The maximum Gasteiger partial charge on any atom is 0.339 e. The van der Waals surface area contributed by atoms with Crippen molar-refractivity contribution in [3.63, 3.8) is 0 Å². The Morgan fingerprint density at radius 2 is 1.75 bits per heavy atom. The summed E-state index contributed by atoms with van der Waals surface area (Å²) in [5.74, 6) is -1.15. The number of carbonyl (C=O) groups is 2. The zero-order valence-electron chi connectivity index (χ0n) is 16.3. The van der Waals surface area contributed by atoms with Gasteiger partial charge in [0.2, 0.25) is 0 Å². The van der Waals surface area contributed by atoms with Crippen LogP contribution in [0.3, 0.4) is 0 Å². The number of likely N-dealkylation sites (N-methyl/N-ethyl adjacent to an activating group) is 1. The van der Waals surface area contributed by atoms with Crippen LogP contribution < -0.4 is 4.90 Å². The van der Waals surface area contributed by atoms with Crippen molar-refractivity contribution in [3.05, 3.63) is 69.8 Å². The van der Waals surface area contributed by atoms with E-state index < -0.39 is 17.0 Å². The van der Waals surface area contributed by atoms with E-state index in [1.807, 2.05) is 30.3 Å². The lowest BCUT2D eigenvalue weighted by Gasteiger charge is -2.21. The minimum absolute atomic E-state index is 0.0164. The first kappa shape index (κ1) is 20.9. The van der Waals surface area contributed by atoms with Crippen molar-refractivity contribution in [3.8, 4) is 0 Å². The Morgan fingerprint density at radius 3 is 2.32 bits per heavy atom. The van der Waals surface area contributed by atoms with Crippen LogP contribution in [0.2, 0.25) is 0 Å². The Morgan fingerprint density at radius 1 is 1.11 bits per heavy atom. The molecule has 8 nitrogen and oxygen atoms in total. The van der Waals surface area contributed by atoms with E-state index in [2.05, 4.69) is 0 Å². The number of nitro groups is 1. The number of carbonyl (C=O) groups excluding carboxylic acids is 2. The van der Waals surface area contributed by atoms with Crippen molar-refractivity contribution in [1.82, 2.24) is 4.90 Å². The molecule has 2 aromatic rings. The zero-order valence-corrected chi connectivity index (χ0v) is 16.3. The third-order valence-electron chi connectivity index (χ3n) is 4.16. The summed E-state index contributed by atoms with van der Waals surface area (Å²) in [5, 5.41) is 11.3. The third kappa shape index (κ3) is 5.06. The Kier molecular flexibility index (Phi) is 6.70. The van der Waals surface area contributed by atoms with Crippen molar-refractivity contribution >= 4 is 23.3 Å². The Bertz CT molecular complexity index is 867. The second kappa shape index (κ2) is 8.98. The standard InChI is InChI=1S/C20H23N3O5/c1-14(19(24)22(4)13-15-8-6-5-7-9-15)28-20(25)16-10-11-17(21(2)3)18(12-16)23(26)27/h5-12,14H,13H2,1-4H3/t14-/m0/s1. The second-order valence-electron chi connectivity index (χ2n) is 6.58. The van der Waals surface area contributed by atoms with Gasteiger partial charge in [0.25, 0.3) is 11.6 Å². The van der Waals surface area contributed by atoms with Gasteiger partial charge in [-0.3, -0.25) is 14.9 Å². The van der Waals surface area contributed by atoms with Gasteiger partial charge in [0, 0.05) is 33.8 Å². The zero-order chi connectivity index (χ0) is 20.8. The number of nitro benzene ring substituents is 1. The maximum atomic E-state index is 12.5. The molecule has 0 bridgehead atoms. The Labute approximate surface area is 163 Å². The van der Waals surface area contributed by atoms with Crippen LogP contribution in [0.4, 0.5) is 11.4 Å². The van der Waals surface area contributed by atoms with Crippen LogP contribution in [0.25, 0.3) is 0 Å². The van der Waals surface area contributed by atoms with Crippen LogP contribution >= 0.6 is 0 Å². The molecule has 0 N–H and O–H groups in total. The number of amides is 1. The molecule has 8 heteroatoms. The Hall–Kier alpha value is -3.42. The molecule has 0 spiro atoms. The van der Waals surface area contributed by atoms with Crippen LogP contribution in [-0.2, 0) is 16.1 Å². The van der Waals surface area contributed by atoms with Crippen LogP contribution in [0, 0.1) is 10.1 Å². The van der Waals surface area contributed by atoms with Crippen molar-refractivity contribution in [2.75, 3.05) is 26.0 Å². The topological polar surface area (TPSA) is 93.0 Å². The molecule has 28 heavy (non-hydrogen) atoms. The van der Waals surface area contributed by atoms with Gasteiger partial charge in [0.1, 0.15) is 5.69 Å². The first-order valence-corrected chi connectivity index (χ1v) is 8.66. The fraction of sp³-hybridized carbons (Fsp3) is 0.300. The van der Waals surface area contributed by atoms with Crippen molar-refractivity contribution in [1.29, 1.82) is 0 Å². The molecule has 2 aromatic carbocycles. The monoisotopic (exact) mass is 385 g/mol. The van der Waals surface area contributed by atoms with Gasteiger partial charge in [0.15, 0.2) is 6.10 Å². The summed E-state index contributed by atoms with van der Waals surface area (Å²) >= 11 is 0. The molecule has 2 rings (SSSR count). The molecule has 0 unspecified atom stereocenters. The molecule has 0 aliphatic rings. The molecule has 148 valence electrons. The average Bonchev–Trinajstić information content (AvgIpc) is 2.67. The molecular formula is C20H23N3O5. The molecule has 0 radical (unpaired) electrons. The molecule has 1 atom stereocenters. The van der Waals surface area contributed by atoms with Crippen LogP contribution in [0.5, 0.6) is 0 Å². The number of hydrogen-bond acceptors (Lipinski definition) is 6. The normalized spacial score (nSPS) is 11.4. The van der Waals surface area contributed by atoms with E-state index >= 15 is 0 Å². The highest BCUT2D eigenvalue weighted by molar-refractivity contribution is 5.93. The van der Waals surface area contributed by atoms with Crippen molar-refractivity contribution in [2.24, 2.45) is 0 Å².